The fraction of sp³-hybridized carbons (Fsp3) is 0.294. The number of benzene rings is 2. The molecule has 0 radical (unpaired) electrons. The summed E-state index contributed by atoms with van der Waals surface area (Å²) in [6, 6.07) is 15.5. The largest absolute Gasteiger partial charge is 0.465 e. The average molecular weight is 286 g/mol. The minimum atomic E-state index is -0.627. The molecular formula is C17H18O4. The highest BCUT2D eigenvalue weighted by atomic mass is 16.6. The van der Waals surface area contributed by atoms with Crippen LogP contribution in [0.1, 0.15) is 17.5 Å². The quantitative estimate of drug-likeness (QED) is 0.780. The van der Waals surface area contributed by atoms with E-state index in [0.29, 0.717) is 12.8 Å². The molecule has 0 aliphatic carbocycles. The van der Waals surface area contributed by atoms with Gasteiger partial charge in [-0.05, 0) is 24.1 Å². The van der Waals surface area contributed by atoms with Crippen LogP contribution in [0.2, 0.25) is 0 Å². The first-order valence-electron chi connectivity index (χ1n) is 7.07. The zero-order valence-corrected chi connectivity index (χ0v) is 11.6. The van der Waals surface area contributed by atoms with E-state index in [1.807, 2.05) is 48.5 Å². The molecule has 2 aliphatic heterocycles. The molecule has 2 N–H and O–H groups in total. The van der Waals surface area contributed by atoms with Crippen LogP contribution >= 0.6 is 0 Å². The lowest BCUT2D eigenvalue weighted by Gasteiger charge is -2.21. The minimum Gasteiger partial charge on any atom is -0.465 e. The maximum atomic E-state index is 9.13. The van der Waals surface area contributed by atoms with E-state index in [1.165, 1.54) is 5.56 Å². The Bertz CT molecular complexity index is 586. The third-order valence-electron chi connectivity index (χ3n) is 3.53. The summed E-state index contributed by atoms with van der Waals surface area (Å²) >= 11 is 0. The van der Waals surface area contributed by atoms with Crippen molar-refractivity contribution in [2.45, 2.75) is 31.8 Å². The summed E-state index contributed by atoms with van der Waals surface area (Å²) in [6.07, 6.45) is 1.01. The van der Waals surface area contributed by atoms with Crippen LogP contribution in [0.5, 0.6) is 11.5 Å². The number of aliphatic hydroxyl groups excluding tert-OH is 2. The molecular weight excluding hydrogens is 268 g/mol. The predicted octanol–water partition coefficient (Wildman–Crippen LogP) is 2.27. The zero-order chi connectivity index (χ0) is 14.7. The Kier molecular flexibility index (Phi) is 4.08. The highest BCUT2D eigenvalue weighted by Crippen LogP contribution is 2.27. The number of aliphatic hydroxyl groups is 2. The summed E-state index contributed by atoms with van der Waals surface area (Å²) in [5.41, 5.74) is 2.28. The minimum absolute atomic E-state index is 0.607. The van der Waals surface area contributed by atoms with Crippen LogP contribution in [-0.2, 0) is 12.8 Å². The van der Waals surface area contributed by atoms with Gasteiger partial charge in [0.2, 0.25) is 6.29 Å². The first-order valence-corrected chi connectivity index (χ1v) is 7.07. The van der Waals surface area contributed by atoms with Gasteiger partial charge in [-0.25, -0.2) is 0 Å². The van der Waals surface area contributed by atoms with Crippen molar-refractivity contribution in [2.75, 3.05) is 0 Å². The number of ether oxygens (including phenoxy) is 2. The Morgan fingerprint density at radius 3 is 2.05 bits per heavy atom. The SMILES string of the molecule is OC1CCc2ccccc2O1.OC1Cc2ccccc2O1. The lowest BCUT2D eigenvalue weighted by molar-refractivity contribution is -0.0316. The molecule has 2 aromatic carbocycles. The maximum Gasteiger partial charge on any atom is 0.201 e. The third-order valence-corrected chi connectivity index (χ3v) is 3.53. The van der Waals surface area contributed by atoms with Crippen molar-refractivity contribution in [2.24, 2.45) is 0 Å². The molecule has 0 saturated carbocycles. The van der Waals surface area contributed by atoms with Crippen LogP contribution in [0, 0.1) is 0 Å². The summed E-state index contributed by atoms with van der Waals surface area (Å²) in [5.74, 6) is 1.64. The molecule has 2 heterocycles. The molecule has 0 spiro atoms. The molecule has 2 aromatic rings. The van der Waals surface area contributed by atoms with Crippen LogP contribution in [0.4, 0.5) is 0 Å². The first-order chi connectivity index (χ1) is 10.2. The lowest BCUT2D eigenvalue weighted by Crippen LogP contribution is -2.21. The van der Waals surface area contributed by atoms with Crippen LogP contribution in [-0.4, -0.2) is 22.8 Å². The van der Waals surface area contributed by atoms with Crippen molar-refractivity contribution in [3.63, 3.8) is 0 Å². The molecule has 0 fully saturated rings. The number of aryl methyl sites for hydroxylation is 1. The fourth-order valence-electron chi connectivity index (χ4n) is 2.47. The summed E-state index contributed by atoms with van der Waals surface area (Å²) in [5, 5.41) is 18.2. The van der Waals surface area contributed by atoms with E-state index in [2.05, 4.69) is 0 Å². The Morgan fingerprint density at radius 2 is 1.33 bits per heavy atom. The molecule has 21 heavy (non-hydrogen) atoms. The Labute approximate surface area is 123 Å². The fourth-order valence-corrected chi connectivity index (χ4v) is 2.47. The van der Waals surface area contributed by atoms with Crippen LogP contribution < -0.4 is 9.47 Å². The molecule has 4 rings (SSSR count). The predicted molar refractivity (Wildman–Crippen MR) is 78.2 cm³/mol. The first kappa shape index (κ1) is 13.9. The van der Waals surface area contributed by atoms with Gasteiger partial charge in [0.15, 0.2) is 6.29 Å². The maximum absolute atomic E-state index is 9.13. The molecule has 4 nitrogen and oxygen atoms in total. The standard InChI is InChI=1S/C9H10O2.C8H8O2/c10-9-6-5-7-3-1-2-4-8(7)11-9;9-8-5-6-3-1-2-4-7(6)10-8/h1-4,9-10H,5-6H2;1-4,8-9H,5H2. The number of hydrogen-bond acceptors (Lipinski definition) is 4. The molecule has 0 aromatic heterocycles. The van der Waals surface area contributed by atoms with Crippen LogP contribution in [0.25, 0.3) is 0 Å². The number of hydrogen-bond donors (Lipinski definition) is 2. The normalized spacial score (nSPS) is 22.0. The van der Waals surface area contributed by atoms with Gasteiger partial charge in [0, 0.05) is 18.4 Å². The molecule has 4 heteroatoms. The van der Waals surface area contributed by atoms with Crippen LogP contribution in [0.15, 0.2) is 48.5 Å². The van der Waals surface area contributed by atoms with Gasteiger partial charge in [-0.1, -0.05) is 36.4 Å². The average Bonchev–Trinajstić information content (AvgIpc) is 2.88. The number of rotatable bonds is 0. The van der Waals surface area contributed by atoms with Crippen molar-refractivity contribution < 1.29 is 19.7 Å². The number of fused-ring (bicyclic) bond motifs is 2. The molecule has 2 atom stereocenters. The topological polar surface area (TPSA) is 58.9 Å². The van der Waals surface area contributed by atoms with Crippen molar-refractivity contribution in [3.8, 4) is 11.5 Å². The van der Waals surface area contributed by atoms with Gasteiger partial charge < -0.3 is 19.7 Å². The summed E-state index contributed by atoms with van der Waals surface area (Å²) in [4.78, 5) is 0. The second-order valence-corrected chi connectivity index (χ2v) is 5.10. The monoisotopic (exact) mass is 286 g/mol. The Morgan fingerprint density at radius 1 is 0.762 bits per heavy atom. The van der Waals surface area contributed by atoms with Gasteiger partial charge in [-0.2, -0.15) is 0 Å². The molecule has 0 amide bonds. The summed E-state index contributed by atoms with van der Waals surface area (Å²) in [6.45, 7) is 0. The van der Waals surface area contributed by atoms with E-state index in [-0.39, 0.29) is 0 Å². The second kappa shape index (κ2) is 6.16. The lowest BCUT2D eigenvalue weighted by atomic mass is 10.1. The summed E-state index contributed by atoms with van der Waals surface area (Å²) in [7, 11) is 0. The molecule has 2 unspecified atom stereocenters. The van der Waals surface area contributed by atoms with Gasteiger partial charge in [0.25, 0.3) is 0 Å². The highest BCUT2D eigenvalue weighted by Gasteiger charge is 2.18. The molecule has 110 valence electrons. The number of para-hydroxylation sites is 2. The van der Waals surface area contributed by atoms with Gasteiger partial charge >= 0.3 is 0 Å². The van der Waals surface area contributed by atoms with E-state index < -0.39 is 12.6 Å². The van der Waals surface area contributed by atoms with E-state index in [4.69, 9.17) is 19.7 Å². The third kappa shape index (κ3) is 3.35. The van der Waals surface area contributed by atoms with E-state index in [0.717, 1.165) is 23.5 Å². The molecule has 2 aliphatic rings. The second-order valence-electron chi connectivity index (χ2n) is 5.10. The Hall–Kier alpha value is -2.04. The van der Waals surface area contributed by atoms with Gasteiger partial charge in [-0.3, -0.25) is 0 Å². The summed E-state index contributed by atoms with van der Waals surface area (Å²) < 4.78 is 10.2. The van der Waals surface area contributed by atoms with Gasteiger partial charge in [-0.15, -0.1) is 0 Å². The molecule has 0 bridgehead atoms. The van der Waals surface area contributed by atoms with Crippen molar-refractivity contribution in [1.29, 1.82) is 0 Å². The van der Waals surface area contributed by atoms with Crippen molar-refractivity contribution in [1.82, 2.24) is 0 Å². The van der Waals surface area contributed by atoms with Crippen molar-refractivity contribution in [3.05, 3.63) is 59.7 Å². The van der Waals surface area contributed by atoms with E-state index >= 15 is 0 Å². The van der Waals surface area contributed by atoms with Crippen LogP contribution in [0.3, 0.4) is 0 Å². The van der Waals surface area contributed by atoms with Gasteiger partial charge in [0.1, 0.15) is 11.5 Å². The van der Waals surface area contributed by atoms with Crippen molar-refractivity contribution >= 4 is 0 Å². The Balaban J connectivity index is 0.000000126. The highest BCUT2D eigenvalue weighted by molar-refractivity contribution is 5.36. The smallest absolute Gasteiger partial charge is 0.201 e. The van der Waals surface area contributed by atoms with E-state index in [1.54, 1.807) is 0 Å². The zero-order valence-electron chi connectivity index (χ0n) is 11.6. The van der Waals surface area contributed by atoms with E-state index in [9.17, 15) is 0 Å². The molecule has 0 saturated heterocycles. The van der Waals surface area contributed by atoms with Gasteiger partial charge in [0.05, 0.1) is 0 Å².